The van der Waals surface area contributed by atoms with Crippen LogP contribution in [0.2, 0.25) is 0 Å². The fourth-order valence-corrected chi connectivity index (χ4v) is 1.52. The van der Waals surface area contributed by atoms with Crippen molar-refractivity contribution in [2.45, 2.75) is 26.0 Å². The van der Waals surface area contributed by atoms with E-state index in [-0.39, 0.29) is 11.9 Å². The summed E-state index contributed by atoms with van der Waals surface area (Å²) in [6, 6.07) is 7.33. The minimum Gasteiger partial charge on any atom is -0.481 e. The normalized spacial score (nSPS) is 13.5. The minimum atomic E-state index is -0.565. The quantitative estimate of drug-likeness (QED) is 0.754. The largest absolute Gasteiger partial charge is 0.481 e. The molecule has 0 saturated carbocycles. The molecule has 1 amide bonds. The number of amides is 1. The molecular formula is C14H20N2O2. The molecule has 98 valence electrons. The predicted octanol–water partition coefficient (Wildman–Crippen LogP) is 1.78. The first kappa shape index (κ1) is 14.3. The van der Waals surface area contributed by atoms with Gasteiger partial charge in [-0.1, -0.05) is 24.3 Å². The molecule has 0 spiro atoms. The average Bonchev–Trinajstić information content (AvgIpc) is 2.36. The topological polar surface area (TPSA) is 64.3 Å². The summed E-state index contributed by atoms with van der Waals surface area (Å²) in [7, 11) is 0. The Labute approximate surface area is 108 Å². The van der Waals surface area contributed by atoms with Gasteiger partial charge in [0.05, 0.1) is 0 Å². The Morgan fingerprint density at radius 1 is 1.50 bits per heavy atom. The number of nitrogens with one attached hydrogen (secondary N) is 1. The van der Waals surface area contributed by atoms with Crippen molar-refractivity contribution in [3.05, 3.63) is 42.5 Å². The molecule has 1 rings (SSSR count). The van der Waals surface area contributed by atoms with Gasteiger partial charge in [-0.05, 0) is 19.9 Å². The molecule has 0 radical (unpaired) electrons. The molecule has 2 atom stereocenters. The highest BCUT2D eigenvalue weighted by Crippen LogP contribution is 2.24. The molecule has 0 aliphatic rings. The van der Waals surface area contributed by atoms with Crippen molar-refractivity contribution in [3.8, 4) is 5.75 Å². The Kier molecular flexibility index (Phi) is 5.39. The van der Waals surface area contributed by atoms with Crippen LogP contribution in [-0.2, 0) is 4.79 Å². The van der Waals surface area contributed by atoms with Crippen LogP contribution in [0.1, 0.15) is 25.5 Å². The molecule has 1 aromatic carbocycles. The number of para-hydroxylation sites is 1. The summed E-state index contributed by atoms with van der Waals surface area (Å²) in [5.41, 5.74) is 6.74. The Hall–Kier alpha value is -1.81. The van der Waals surface area contributed by atoms with Crippen molar-refractivity contribution < 1.29 is 9.53 Å². The van der Waals surface area contributed by atoms with Gasteiger partial charge in [-0.3, -0.25) is 4.79 Å². The van der Waals surface area contributed by atoms with Crippen LogP contribution < -0.4 is 15.8 Å². The van der Waals surface area contributed by atoms with Gasteiger partial charge < -0.3 is 15.8 Å². The molecule has 18 heavy (non-hydrogen) atoms. The van der Waals surface area contributed by atoms with Crippen molar-refractivity contribution in [1.29, 1.82) is 0 Å². The lowest BCUT2D eigenvalue weighted by Crippen LogP contribution is -2.36. The summed E-state index contributed by atoms with van der Waals surface area (Å²) in [5.74, 6) is 0.475. The summed E-state index contributed by atoms with van der Waals surface area (Å²) in [6.45, 7) is 7.56. The van der Waals surface area contributed by atoms with Crippen LogP contribution in [0, 0.1) is 0 Å². The van der Waals surface area contributed by atoms with Gasteiger partial charge in [-0.25, -0.2) is 0 Å². The van der Waals surface area contributed by atoms with Crippen LogP contribution >= 0.6 is 0 Å². The second-order valence-corrected chi connectivity index (χ2v) is 4.12. The molecule has 0 saturated heterocycles. The SMILES string of the molecule is C=CCNC(=O)C(C)Oc1ccccc1C(C)N. The van der Waals surface area contributed by atoms with Gasteiger partial charge in [0.1, 0.15) is 5.75 Å². The van der Waals surface area contributed by atoms with Crippen LogP contribution in [0.25, 0.3) is 0 Å². The fraction of sp³-hybridized carbons (Fsp3) is 0.357. The van der Waals surface area contributed by atoms with E-state index < -0.39 is 6.10 Å². The van der Waals surface area contributed by atoms with Gasteiger partial charge in [0.25, 0.3) is 5.91 Å². The molecule has 0 heterocycles. The number of carbonyl (C=O) groups excluding carboxylic acids is 1. The van der Waals surface area contributed by atoms with E-state index in [2.05, 4.69) is 11.9 Å². The monoisotopic (exact) mass is 248 g/mol. The summed E-state index contributed by atoms with van der Waals surface area (Å²) < 4.78 is 5.64. The van der Waals surface area contributed by atoms with Crippen molar-refractivity contribution in [1.82, 2.24) is 5.32 Å². The average molecular weight is 248 g/mol. The van der Waals surface area contributed by atoms with E-state index in [0.29, 0.717) is 12.3 Å². The van der Waals surface area contributed by atoms with Crippen LogP contribution in [0.15, 0.2) is 36.9 Å². The summed E-state index contributed by atoms with van der Waals surface area (Å²) >= 11 is 0. The lowest BCUT2D eigenvalue weighted by atomic mass is 10.1. The highest BCUT2D eigenvalue weighted by molar-refractivity contribution is 5.80. The molecule has 4 heteroatoms. The number of benzene rings is 1. The maximum Gasteiger partial charge on any atom is 0.261 e. The molecule has 1 aromatic rings. The molecule has 3 N–H and O–H groups in total. The second kappa shape index (κ2) is 6.81. The summed E-state index contributed by atoms with van der Waals surface area (Å²) in [6.07, 6.45) is 1.06. The first-order valence-corrected chi connectivity index (χ1v) is 5.96. The third-order valence-electron chi connectivity index (χ3n) is 2.50. The van der Waals surface area contributed by atoms with Gasteiger partial charge in [-0.2, -0.15) is 0 Å². The Morgan fingerprint density at radius 2 is 2.17 bits per heavy atom. The number of ether oxygens (including phenoxy) is 1. The fourth-order valence-electron chi connectivity index (χ4n) is 1.52. The van der Waals surface area contributed by atoms with Crippen molar-refractivity contribution >= 4 is 5.91 Å². The van der Waals surface area contributed by atoms with Crippen LogP contribution in [0.3, 0.4) is 0 Å². The molecule has 0 aliphatic heterocycles. The lowest BCUT2D eigenvalue weighted by molar-refractivity contribution is -0.127. The smallest absolute Gasteiger partial charge is 0.261 e. The standard InChI is InChI=1S/C14H20N2O2/c1-4-9-16-14(17)11(3)18-13-8-6-5-7-12(13)10(2)15/h4-8,10-11H,1,9,15H2,2-3H3,(H,16,17). The third-order valence-corrected chi connectivity index (χ3v) is 2.50. The zero-order chi connectivity index (χ0) is 13.5. The zero-order valence-corrected chi connectivity index (χ0v) is 10.8. The van der Waals surface area contributed by atoms with Gasteiger partial charge in [0.15, 0.2) is 6.10 Å². The zero-order valence-electron chi connectivity index (χ0n) is 10.8. The number of hydrogen-bond donors (Lipinski definition) is 2. The van der Waals surface area contributed by atoms with Crippen molar-refractivity contribution in [3.63, 3.8) is 0 Å². The van der Waals surface area contributed by atoms with E-state index in [4.69, 9.17) is 10.5 Å². The van der Waals surface area contributed by atoms with Gasteiger partial charge in [-0.15, -0.1) is 6.58 Å². The van der Waals surface area contributed by atoms with E-state index in [1.807, 2.05) is 31.2 Å². The lowest BCUT2D eigenvalue weighted by Gasteiger charge is -2.18. The Bertz CT molecular complexity index is 416. The van der Waals surface area contributed by atoms with E-state index in [1.54, 1.807) is 13.0 Å². The van der Waals surface area contributed by atoms with E-state index in [0.717, 1.165) is 5.56 Å². The molecule has 4 nitrogen and oxygen atoms in total. The minimum absolute atomic E-state index is 0.135. The molecule has 0 bridgehead atoms. The van der Waals surface area contributed by atoms with Crippen molar-refractivity contribution in [2.75, 3.05) is 6.54 Å². The third kappa shape index (κ3) is 3.89. The molecular weight excluding hydrogens is 228 g/mol. The number of rotatable bonds is 6. The Balaban J connectivity index is 2.72. The summed E-state index contributed by atoms with van der Waals surface area (Å²) in [4.78, 5) is 11.7. The van der Waals surface area contributed by atoms with Crippen molar-refractivity contribution in [2.24, 2.45) is 5.73 Å². The molecule has 0 aliphatic carbocycles. The van der Waals surface area contributed by atoms with E-state index in [1.165, 1.54) is 0 Å². The summed E-state index contributed by atoms with van der Waals surface area (Å²) in [5, 5.41) is 2.69. The van der Waals surface area contributed by atoms with Crippen LogP contribution in [-0.4, -0.2) is 18.6 Å². The maximum atomic E-state index is 11.7. The van der Waals surface area contributed by atoms with E-state index >= 15 is 0 Å². The van der Waals surface area contributed by atoms with Crippen LogP contribution in [0.4, 0.5) is 0 Å². The highest BCUT2D eigenvalue weighted by atomic mass is 16.5. The number of carbonyl (C=O) groups is 1. The Morgan fingerprint density at radius 3 is 2.78 bits per heavy atom. The molecule has 2 unspecified atom stereocenters. The number of nitrogens with two attached hydrogens (primary N) is 1. The molecule has 0 fully saturated rings. The van der Waals surface area contributed by atoms with Crippen LogP contribution in [0.5, 0.6) is 5.75 Å². The first-order valence-electron chi connectivity index (χ1n) is 5.96. The van der Waals surface area contributed by atoms with Gasteiger partial charge in [0, 0.05) is 18.2 Å². The highest BCUT2D eigenvalue weighted by Gasteiger charge is 2.16. The number of hydrogen-bond acceptors (Lipinski definition) is 3. The van der Waals surface area contributed by atoms with Gasteiger partial charge >= 0.3 is 0 Å². The first-order chi connectivity index (χ1) is 8.56. The second-order valence-electron chi connectivity index (χ2n) is 4.12. The van der Waals surface area contributed by atoms with E-state index in [9.17, 15) is 4.79 Å². The maximum absolute atomic E-state index is 11.7. The molecule has 0 aromatic heterocycles. The van der Waals surface area contributed by atoms with Gasteiger partial charge in [0.2, 0.25) is 0 Å². The predicted molar refractivity (Wildman–Crippen MR) is 72.3 cm³/mol.